The normalized spacial score (nSPS) is 12.1. The lowest BCUT2D eigenvalue weighted by atomic mass is 10.2. The summed E-state index contributed by atoms with van der Waals surface area (Å²) in [6, 6.07) is 9.71. The summed E-state index contributed by atoms with van der Waals surface area (Å²) in [4.78, 5) is 20.9. The first-order valence-electron chi connectivity index (χ1n) is 8.39. The van der Waals surface area contributed by atoms with Gasteiger partial charge in [0, 0.05) is 23.8 Å². The molecule has 1 aromatic carbocycles. The van der Waals surface area contributed by atoms with Crippen molar-refractivity contribution in [1.29, 1.82) is 0 Å². The number of rotatable bonds is 7. The Bertz CT molecular complexity index is 826. The molecule has 0 saturated heterocycles. The number of nitrogens with zero attached hydrogens (tertiary/aromatic N) is 2. The number of hydrogen-bond donors (Lipinski definition) is 1. The molecule has 2 heterocycles. The minimum atomic E-state index is -0.0894. The van der Waals surface area contributed by atoms with Crippen LogP contribution in [0.25, 0.3) is 11.3 Å². The molecule has 6 heteroatoms. The summed E-state index contributed by atoms with van der Waals surface area (Å²) in [5, 5.41) is 6.07. The van der Waals surface area contributed by atoms with E-state index in [1.54, 1.807) is 17.5 Å². The van der Waals surface area contributed by atoms with E-state index >= 15 is 0 Å². The molecule has 5 nitrogen and oxygen atoms in total. The average molecular weight is 355 g/mol. The van der Waals surface area contributed by atoms with Gasteiger partial charge in [0.05, 0.1) is 22.9 Å². The first-order chi connectivity index (χ1) is 12.2. The largest absolute Gasteiger partial charge is 0.441 e. The van der Waals surface area contributed by atoms with Crippen LogP contribution in [-0.2, 0) is 17.6 Å². The van der Waals surface area contributed by atoms with Crippen LogP contribution in [-0.4, -0.2) is 15.9 Å². The van der Waals surface area contributed by atoms with Crippen LogP contribution in [0.1, 0.15) is 42.9 Å². The van der Waals surface area contributed by atoms with Crippen molar-refractivity contribution < 1.29 is 9.21 Å². The monoisotopic (exact) mass is 355 g/mol. The van der Waals surface area contributed by atoms with E-state index in [-0.39, 0.29) is 11.9 Å². The number of aromatic nitrogens is 2. The van der Waals surface area contributed by atoms with Crippen molar-refractivity contribution in [3.05, 3.63) is 58.5 Å². The molecule has 1 N–H and O–H groups in total. The smallest absolute Gasteiger partial charge is 0.221 e. The molecule has 1 unspecified atom stereocenters. The van der Waals surface area contributed by atoms with Crippen LogP contribution in [0.5, 0.6) is 0 Å². The van der Waals surface area contributed by atoms with Gasteiger partial charge >= 0.3 is 0 Å². The van der Waals surface area contributed by atoms with Gasteiger partial charge in [-0.1, -0.05) is 37.3 Å². The summed E-state index contributed by atoms with van der Waals surface area (Å²) < 4.78 is 5.73. The second kappa shape index (κ2) is 8.07. The number of carbonyl (C=O) groups excluding carboxylic acids is 1. The summed E-state index contributed by atoms with van der Waals surface area (Å²) in [6.07, 6.45) is 3.43. The summed E-state index contributed by atoms with van der Waals surface area (Å²) in [6.45, 7) is 4.02. The second-order valence-electron chi connectivity index (χ2n) is 5.79. The highest BCUT2D eigenvalue weighted by Gasteiger charge is 2.14. The Labute approximate surface area is 151 Å². The molecule has 0 aliphatic carbocycles. The second-order valence-corrected chi connectivity index (χ2v) is 6.74. The van der Waals surface area contributed by atoms with E-state index in [1.807, 2.05) is 42.6 Å². The van der Waals surface area contributed by atoms with Gasteiger partial charge in [-0.2, -0.15) is 0 Å². The van der Waals surface area contributed by atoms with Crippen molar-refractivity contribution in [1.82, 2.24) is 15.3 Å². The molecule has 0 aliphatic rings. The van der Waals surface area contributed by atoms with Crippen molar-refractivity contribution in [3.63, 3.8) is 0 Å². The third-order valence-corrected chi connectivity index (χ3v) is 4.88. The van der Waals surface area contributed by atoms with Crippen LogP contribution in [0, 0.1) is 0 Å². The van der Waals surface area contributed by atoms with Gasteiger partial charge in [-0.15, -0.1) is 11.3 Å². The average Bonchev–Trinajstić information content (AvgIpc) is 3.30. The van der Waals surface area contributed by atoms with E-state index in [0.29, 0.717) is 18.7 Å². The van der Waals surface area contributed by atoms with Gasteiger partial charge in [0.15, 0.2) is 11.7 Å². The van der Waals surface area contributed by atoms with Crippen molar-refractivity contribution in [2.75, 3.05) is 0 Å². The number of carbonyl (C=O) groups is 1. The van der Waals surface area contributed by atoms with Gasteiger partial charge in [0.25, 0.3) is 0 Å². The molecule has 0 saturated carbocycles. The number of oxazole rings is 1. The molecule has 0 bridgehead atoms. The molecule has 25 heavy (non-hydrogen) atoms. The van der Waals surface area contributed by atoms with Crippen molar-refractivity contribution in [3.8, 4) is 11.3 Å². The third kappa shape index (κ3) is 4.54. The maximum Gasteiger partial charge on any atom is 0.221 e. The third-order valence-electron chi connectivity index (χ3n) is 3.87. The maximum absolute atomic E-state index is 12.1. The van der Waals surface area contributed by atoms with Gasteiger partial charge < -0.3 is 9.73 Å². The molecule has 0 fully saturated rings. The molecule has 1 amide bonds. The molecule has 1 atom stereocenters. The highest BCUT2D eigenvalue weighted by atomic mass is 32.1. The molecule has 0 spiro atoms. The van der Waals surface area contributed by atoms with Crippen LogP contribution in [0.15, 0.2) is 46.3 Å². The van der Waals surface area contributed by atoms with Crippen LogP contribution < -0.4 is 5.32 Å². The Morgan fingerprint density at radius 1 is 1.32 bits per heavy atom. The molecular weight excluding hydrogens is 334 g/mol. The Balaban J connectivity index is 1.51. The van der Waals surface area contributed by atoms with E-state index in [1.165, 1.54) is 0 Å². The van der Waals surface area contributed by atoms with Gasteiger partial charge in [0.1, 0.15) is 0 Å². The van der Waals surface area contributed by atoms with E-state index in [4.69, 9.17) is 4.42 Å². The number of aryl methyl sites for hydroxylation is 2. The molecule has 0 aliphatic heterocycles. The summed E-state index contributed by atoms with van der Waals surface area (Å²) in [7, 11) is 0. The zero-order valence-corrected chi connectivity index (χ0v) is 15.2. The molecule has 0 radical (unpaired) electrons. The summed E-state index contributed by atoms with van der Waals surface area (Å²) >= 11 is 1.63. The Morgan fingerprint density at radius 2 is 2.12 bits per heavy atom. The first kappa shape index (κ1) is 17.4. The highest BCUT2D eigenvalue weighted by molar-refractivity contribution is 7.09. The van der Waals surface area contributed by atoms with Crippen LogP contribution in [0.3, 0.4) is 0 Å². The Morgan fingerprint density at radius 3 is 2.84 bits per heavy atom. The molecular formula is C19H21N3O2S. The topological polar surface area (TPSA) is 68.0 Å². The van der Waals surface area contributed by atoms with E-state index < -0.39 is 0 Å². The van der Waals surface area contributed by atoms with E-state index in [0.717, 1.165) is 28.4 Å². The lowest BCUT2D eigenvalue weighted by molar-refractivity contribution is -0.121. The van der Waals surface area contributed by atoms with Gasteiger partial charge in [-0.05, 0) is 13.3 Å². The summed E-state index contributed by atoms with van der Waals surface area (Å²) in [5.74, 6) is 1.26. The molecule has 2 aromatic heterocycles. The Hall–Kier alpha value is -2.47. The van der Waals surface area contributed by atoms with Gasteiger partial charge in [0.2, 0.25) is 5.91 Å². The van der Waals surface area contributed by atoms with Crippen LogP contribution >= 0.6 is 11.3 Å². The zero-order valence-electron chi connectivity index (χ0n) is 14.4. The molecule has 3 aromatic rings. The van der Waals surface area contributed by atoms with Crippen LogP contribution in [0.4, 0.5) is 0 Å². The minimum absolute atomic E-state index is 0.0296. The van der Waals surface area contributed by atoms with E-state index in [9.17, 15) is 4.79 Å². The number of thiazole rings is 1. The maximum atomic E-state index is 12.1. The zero-order chi connectivity index (χ0) is 17.6. The number of hydrogen-bond acceptors (Lipinski definition) is 5. The minimum Gasteiger partial charge on any atom is -0.441 e. The number of amides is 1. The highest BCUT2D eigenvalue weighted by Crippen LogP contribution is 2.20. The SMILES string of the molecule is CCc1nc(C(C)NC(=O)CCc2ncc(-c3ccccc3)o2)cs1. The molecule has 130 valence electrons. The van der Waals surface area contributed by atoms with Crippen LogP contribution in [0.2, 0.25) is 0 Å². The number of nitrogens with one attached hydrogen (secondary N) is 1. The van der Waals surface area contributed by atoms with Crippen molar-refractivity contribution >= 4 is 17.2 Å². The van der Waals surface area contributed by atoms with Gasteiger partial charge in [-0.25, -0.2) is 9.97 Å². The fourth-order valence-corrected chi connectivity index (χ4v) is 3.29. The number of benzene rings is 1. The first-order valence-corrected chi connectivity index (χ1v) is 9.27. The molecule has 3 rings (SSSR count). The predicted molar refractivity (Wildman–Crippen MR) is 98.3 cm³/mol. The lowest BCUT2D eigenvalue weighted by Gasteiger charge is -2.11. The van der Waals surface area contributed by atoms with Crippen molar-refractivity contribution in [2.45, 2.75) is 39.2 Å². The lowest BCUT2D eigenvalue weighted by Crippen LogP contribution is -2.27. The van der Waals surface area contributed by atoms with Gasteiger partial charge in [-0.3, -0.25) is 4.79 Å². The fourth-order valence-electron chi connectivity index (χ4n) is 2.46. The summed E-state index contributed by atoms with van der Waals surface area (Å²) in [5.41, 5.74) is 1.90. The van der Waals surface area contributed by atoms with E-state index in [2.05, 4.69) is 22.2 Å². The standard InChI is InChI=1S/C19H21N3O2S/c1-3-19-22-15(12-25-19)13(2)21-17(23)9-10-18-20-11-16(24-18)14-7-5-4-6-8-14/h4-8,11-13H,3,9-10H2,1-2H3,(H,21,23). The van der Waals surface area contributed by atoms with Crippen molar-refractivity contribution in [2.24, 2.45) is 0 Å². The predicted octanol–water partition coefficient (Wildman–Crippen LogP) is 4.17. The quantitative estimate of drug-likeness (QED) is 0.691. The Kier molecular flexibility index (Phi) is 5.60. The fraction of sp³-hybridized carbons (Fsp3) is 0.316.